The van der Waals surface area contributed by atoms with E-state index in [0.29, 0.717) is 0 Å². The van der Waals surface area contributed by atoms with E-state index in [2.05, 4.69) is 28.1 Å². The van der Waals surface area contributed by atoms with Gasteiger partial charge in [0.15, 0.2) is 0 Å². The zero-order chi connectivity index (χ0) is 6.97. The molecule has 1 aromatic carbocycles. The molecule has 0 saturated heterocycles. The maximum Gasteiger partial charge on any atom is 0.0178 e. The highest BCUT2D eigenvalue weighted by Crippen LogP contribution is 2.40. The van der Waals surface area contributed by atoms with E-state index in [4.69, 9.17) is 0 Å². The van der Waals surface area contributed by atoms with Crippen LogP contribution in [-0.2, 0) is 0 Å². The zero-order valence-corrected chi connectivity index (χ0v) is 7.19. The second-order valence-corrected chi connectivity index (χ2v) is 3.65. The number of benzene rings is 1. The summed E-state index contributed by atoms with van der Waals surface area (Å²) in [5.41, 5.74) is 1.37. The smallest absolute Gasteiger partial charge is 0.0178 e. The molecule has 0 atom stereocenters. The molecule has 1 aromatic rings. The third-order valence-electron chi connectivity index (χ3n) is 1.80. The summed E-state index contributed by atoms with van der Waals surface area (Å²) in [5, 5.41) is 0. The lowest BCUT2D eigenvalue weighted by atomic mass is 10.1. The SMILES string of the molecule is Brc1cc[c]c(C2CC2)c1. The lowest BCUT2D eigenvalue weighted by molar-refractivity contribution is 1.12. The van der Waals surface area contributed by atoms with Crippen molar-refractivity contribution in [3.8, 4) is 0 Å². The van der Waals surface area contributed by atoms with Crippen LogP contribution in [-0.4, -0.2) is 0 Å². The van der Waals surface area contributed by atoms with Crippen LogP contribution in [0.15, 0.2) is 22.7 Å². The highest BCUT2D eigenvalue weighted by molar-refractivity contribution is 9.10. The number of hydrogen-bond acceptors (Lipinski definition) is 0. The van der Waals surface area contributed by atoms with E-state index in [1.54, 1.807) is 0 Å². The molecule has 1 saturated carbocycles. The molecule has 0 unspecified atom stereocenters. The molecule has 1 heteroatoms. The minimum Gasteiger partial charge on any atom is -0.0530 e. The fourth-order valence-corrected chi connectivity index (χ4v) is 1.46. The third kappa shape index (κ3) is 1.24. The molecule has 0 heterocycles. The summed E-state index contributed by atoms with van der Waals surface area (Å²) >= 11 is 3.44. The van der Waals surface area contributed by atoms with Gasteiger partial charge in [0, 0.05) is 4.47 Å². The fourth-order valence-electron chi connectivity index (χ4n) is 1.09. The lowest BCUT2D eigenvalue weighted by Gasteiger charge is -1.95. The second kappa shape index (κ2) is 2.39. The molecule has 1 fully saturated rings. The predicted octanol–water partition coefficient (Wildman–Crippen LogP) is 3.13. The topological polar surface area (TPSA) is 0 Å². The van der Waals surface area contributed by atoms with Crippen molar-refractivity contribution < 1.29 is 0 Å². The highest BCUT2D eigenvalue weighted by atomic mass is 79.9. The van der Waals surface area contributed by atoms with Gasteiger partial charge in [0.2, 0.25) is 0 Å². The van der Waals surface area contributed by atoms with Crippen molar-refractivity contribution in [2.45, 2.75) is 18.8 Å². The average Bonchev–Trinajstić information content (AvgIpc) is 2.68. The number of hydrogen-bond donors (Lipinski definition) is 0. The molecule has 0 N–H and O–H groups in total. The van der Waals surface area contributed by atoms with Gasteiger partial charge in [0.1, 0.15) is 0 Å². The van der Waals surface area contributed by atoms with Crippen LogP contribution in [0.5, 0.6) is 0 Å². The van der Waals surface area contributed by atoms with E-state index in [-0.39, 0.29) is 0 Å². The minimum absolute atomic E-state index is 0.817. The van der Waals surface area contributed by atoms with E-state index in [1.165, 1.54) is 22.9 Å². The van der Waals surface area contributed by atoms with Crippen LogP contribution in [0.2, 0.25) is 0 Å². The molecule has 10 heavy (non-hydrogen) atoms. The quantitative estimate of drug-likeness (QED) is 0.647. The molecule has 2 rings (SSSR count). The molecule has 1 aliphatic carbocycles. The van der Waals surface area contributed by atoms with Crippen molar-refractivity contribution in [2.75, 3.05) is 0 Å². The van der Waals surface area contributed by atoms with E-state index in [9.17, 15) is 0 Å². The second-order valence-electron chi connectivity index (χ2n) is 2.74. The van der Waals surface area contributed by atoms with Gasteiger partial charge in [-0.25, -0.2) is 0 Å². The predicted molar refractivity (Wildman–Crippen MR) is 45.0 cm³/mol. The Labute approximate surface area is 69.4 Å². The monoisotopic (exact) mass is 195 g/mol. The maximum absolute atomic E-state index is 3.44. The number of halogens is 1. The van der Waals surface area contributed by atoms with Crippen molar-refractivity contribution >= 4 is 15.9 Å². The summed E-state index contributed by atoms with van der Waals surface area (Å²) in [4.78, 5) is 0. The Balaban J connectivity index is 2.32. The summed E-state index contributed by atoms with van der Waals surface area (Å²) in [6, 6.07) is 9.41. The van der Waals surface area contributed by atoms with Gasteiger partial charge in [0.25, 0.3) is 0 Å². The first kappa shape index (κ1) is 6.41. The average molecular weight is 196 g/mol. The Kier molecular flexibility index (Phi) is 1.53. The lowest BCUT2D eigenvalue weighted by Crippen LogP contribution is -1.77. The van der Waals surface area contributed by atoms with Crippen LogP contribution >= 0.6 is 15.9 Å². The van der Waals surface area contributed by atoms with E-state index in [0.717, 1.165) is 5.92 Å². The van der Waals surface area contributed by atoms with Gasteiger partial charge < -0.3 is 0 Å². The Morgan fingerprint density at radius 3 is 2.90 bits per heavy atom. The van der Waals surface area contributed by atoms with Crippen molar-refractivity contribution in [3.05, 3.63) is 34.3 Å². The minimum atomic E-state index is 0.817. The molecule has 0 nitrogen and oxygen atoms in total. The van der Waals surface area contributed by atoms with Crippen LogP contribution in [0.3, 0.4) is 0 Å². The van der Waals surface area contributed by atoms with Gasteiger partial charge >= 0.3 is 0 Å². The summed E-state index contributed by atoms with van der Waals surface area (Å²) < 4.78 is 1.17. The van der Waals surface area contributed by atoms with Crippen LogP contribution in [0.1, 0.15) is 24.3 Å². The van der Waals surface area contributed by atoms with Crippen LogP contribution in [0.4, 0.5) is 0 Å². The van der Waals surface area contributed by atoms with Gasteiger partial charge in [-0.15, -0.1) is 0 Å². The van der Waals surface area contributed by atoms with E-state index in [1.807, 2.05) is 12.1 Å². The Morgan fingerprint density at radius 2 is 2.30 bits per heavy atom. The van der Waals surface area contributed by atoms with Gasteiger partial charge in [-0.1, -0.05) is 22.0 Å². The van der Waals surface area contributed by atoms with Gasteiger partial charge in [0.05, 0.1) is 0 Å². The normalized spacial score (nSPS) is 17.3. The highest BCUT2D eigenvalue weighted by Gasteiger charge is 2.23. The molecular formula is C9H8Br. The van der Waals surface area contributed by atoms with Crippen LogP contribution < -0.4 is 0 Å². The van der Waals surface area contributed by atoms with Gasteiger partial charge in [-0.2, -0.15) is 0 Å². The molecular weight excluding hydrogens is 188 g/mol. The molecule has 0 spiro atoms. The standard InChI is InChI=1S/C9H8Br/c10-9-3-1-2-8(6-9)7-4-5-7/h1,3,6-7H,4-5H2. The Morgan fingerprint density at radius 1 is 1.50 bits per heavy atom. The molecule has 0 bridgehead atoms. The molecule has 51 valence electrons. The van der Waals surface area contributed by atoms with Crippen molar-refractivity contribution in [1.29, 1.82) is 0 Å². The van der Waals surface area contributed by atoms with Gasteiger partial charge in [-0.05, 0) is 42.5 Å². The molecule has 0 aliphatic heterocycles. The Bertz CT molecular complexity index is 238. The van der Waals surface area contributed by atoms with E-state index < -0.39 is 0 Å². The summed E-state index contributed by atoms with van der Waals surface area (Å²) in [5.74, 6) is 0.817. The largest absolute Gasteiger partial charge is 0.0530 e. The first-order chi connectivity index (χ1) is 4.86. The van der Waals surface area contributed by atoms with Crippen molar-refractivity contribution in [3.63, 3.8) is 0 Å². The summed E-state index contributed by atoms with van der Waals surface area (Å²) in [6.07, 6.45) is 2.71. The van der Waals surface area contributed by atoms with Gasteiger partial charge in [-0.3, -0.25) is 0 Å². The van der Waals surface area contributed by atoms with E-state index >= 15 is 0 Å². The third-order valence-corrected chi connectivity index (χ3v) is 2.30. The first-order valence-corrected chi connectivity index (χ1v) is 4.33. The van der Waals surface area contributed by atoms with Crippen molar-refractivity contribution in [1.82, 2.24) is 0 Å². The maximum atomic E-state index is 3.44. The Hall–Kier alpha value is -0.300. The fraction of sp³-hybridized carbons (Fsp3) is 0.333. The molecule has 1 radical (unpaired) electrons. The number of rotatable bonds is 1. The van der Waals surface area contributed by atoms with Crippen LogP contribution in [0, 0.1) is 6.07 Å². The summed E-state index contributed by atoms with van der Waals surface area (Å²) in [6.45, 7) is 0. The van der Waals surface area contributed by atoms with Crippen LogP contribution in [0.25, 0.3) is 0 Å². The zero-order valence-electron chi connectivity index (χ0n) is 5.60. The molecule has 0 aromatic heterocycles. The molecule has 0 amide bonds. The first-order valence-electron chi connectivity index (χ1n) is 3.53. The van der Waals surface area contributed by atoms with Crippen molar-refractivity contribution in [2.24, 2.45) is 0 Å². The summed E-state index contributed by atoms with van der Waals surface area (Å²) in [7, 11) is 0. The molecule has 1 aliphatic rings.